The number of carbonyl (C=O) groups is 1. The van der Waals surface area contributed by atoms with Crippen molar-refractivity contribution in [2.24, 2.45) is 0 Å². The van der Waals surface area contributed by atoms with Crippen LogP contribution in [0.25, 0.3) is 0 Å². The lowest BCUT2D eigenvalue weighted by atomic mass is 10.3. The molecule has 0 bridgehead atoms. The average Bonchev–Trinajstić information content (AvgIpc) is 2.15. The highest BCUT2D eigenvalue weighted by atomic mass is 16.8. The molecule has 0 aliphatic heterocycles. The molecule has 0 radical (unpaired) electrons. The second kappa shape index (κ2) is 6.13. The monoisotopic (exact) mass is 199 g/mol. The summed E-state index contributed by atoms with van der Waals surface area (Å²) in [4.78, 5) is 11.0. The van der Waals surface area contributed by atoms with E-state index in [1.807, 2.05) is 0 Å². The molecule has 0 aromatic rings. The molecule has 0 saturated carbocycles. The zero-order chi connectivity index (χ0) is 11.1. The van der Waals surface area contributed by atoms with Crippen LogP contribution >= 0.6 is 0 Å². The third kappa shape index (κ3) is 4.60. The molecule has 0 saturated heterocycles. The van der Waals surface area contributed by atoms with E-state index in [9.17, 15) is 4.79 Å². The first-order chi connectivity index (χ1) is 6.51. The van der Waals surface area contributed by atoms with Crippen molar-refractivity contribution in [2.45, 2.75) is 26.4 Å². The maximum absolute atomic E-state index is 11.0. The van der Waals surface area contributed by atoms with Crippen LogP contribution in [0.5, 0.6) is 0 Å². The standard InChI is InChI=1S/C9H13NO4/c1-6(5-10)9(11)14-8(3)13-7(2)12-4/h7-8H,1H2,2-4H3. The second-order valence-electron chi connectivity index (χ2n) is 2.50. The van der Waals surface area contributed by atoms with Gasteiger partial charge in [-0.25, -0.2) is 4.79 Å². The lowest BCUT2D eigenvalue weighted by molar-refractivity contribution is -0.219. The van der Waals surface area contributed by atoms with Gasteiger partial charge in [0.1, 0.15) is 11.6 Å². The predicted molar refractivity (Wildman–Crippen MR) is 47.9 cm³/mol. The maximum Gasteiger partial charge on any atom is 0.350 e. The Morgan fingerprint density at radius 2 is 2.00 bits per heavy atom. The molecular formula is C9H13NO4. The molecule has 78 valence electrons. The Labute approximate surface area is 82.9 Å². The molecule has 0 fully saturated rings. The second-order valence-corrected chi connectivity index (χ2v) is 2.50. The summed E-state index contributed by atoms with van der Waals surface area (Å²) < 4.78 is 14.5. The minimum Gasteiger partial charge on any atom is -0.432 e. The summed E-state index contributed by atoms with van der Waals surface area (Å²) >= 11 is 0. The summed E-state index contributed by atoms with van der Waals surface area (Å²) in [6, 6.07) is 1.58. The smallest absolute Gasteiger partial charge is 0.350 e. The van der Waals surface area contributed by atoms with Crippen LogP contribution in [0, 0.1) is 11.3 Å². The van der Waals surface area contributed by atoms with E-state index < -0.39 is 18.5 Å². The minimum absolute atomic E-state index is 0.259. The van der Waals surface area contributed by atoms with Gasteiger partial charge in [0, 0.05) is 7.11 Å². The number of nitriles is 1. The normalized spacial score (nSPS) is 13.9. The predicted octanol–water partition coefficient (Wildman–Crippen LogP) is 0.964. The van der Waals surface area contributed by atoms with E-state index in [1.54, 1.807) is 13.0 Å². The topological polar surface area (TPSA) is 68.6 Å². The zero-order valence-electron chi connectivity index (χ0n) is 8.44. The lowest BCUT2D eigenvalue weighted by Gasteiger charge is -2.17. The molecule has 0 heterocycles. The Morgan fingerprint density at radius 1 is 1.43 bits per heavy atom. The van der Waals surface area contributed by atoms with E-state index in [0.29, 0.717) is 0 Å². The summed E-state index contributed by atoms with van der Waals surface area (Å²) in [7, 11) is 1.47. The van der Waals surface area contributed by atoms with E-state index in [0.717, 1.165) is 0 Å². The van der Waals surface area contributed by atoms with Gasteiger partial charge in [0.25, 0.3) is 0 Å². The number of methoxy groups -OCH3 is 1. The van der Waals surface area contributed by atoms with Gasteiger partial charge in [0.15, 0.2) is 6.29 Å². The molecule has 0 spiro atoms. The van der Waals surface area contributed by atoms with Crippen molar-refractivity contribution >= 4 is 5.97 Å². The molecule has 0 N–H and O–H groups in total. The van der Waals surface area contributed by atoms with E-state index in [2.05, 4.69) is 6.58 Å². The largest absolute Gasteiger partial charge is 0.432 e. The Balaban J connectivity index is 3.95. The molecule has 0 aliphatic carbocycles. The van der Waals surface area contributed by atoms with Gasteiger partial charge in [0.2, 0.25) is 6.29 Å². The van der Waals surface area contributed by atoms with Crippen molar-refractivity contribution in [3.63, 3.8) is 0 Å². The summed E-state index contributed by atoms with van der Waals surface area (Å²) in [6.07, 6.45) is -1.25. The highest BCUT2D eigenvalue weighted by Gasteiger charge is 2.14. The molecular weight excluding hydrogens is 186 g/mol. The number of ether oxygens (including phenoxy) is 3. The van der Waals surface area contributed by atoms with Gasteiger partial charge < -0.3 is 14.2 Å². The SMILES string of the molecule is C=C(C#N)C(=O)OC(C)OC(C)OC. The first-order valence-electron chi connectivity index (χ1n) is 3.99. The van der Waals surface area contributed by atoms with Crippen LogP contribution in [0.2, 0.25) is 0 Å². The van der Waals surface area contributed by atoms with E-state index in [-0.39, 0.29) is 5.57 Å². The van der Waals surface area contributed by atoms with Crippen LogP contribution in [-0.2, 0) is 19.0 Å². The van der Waals surface area contributed by atoms with E-state index >= 15 is 0 Å². The van der Waals surface area contributed by atoms with E-state index in [1.165, 1.54) is 14.0 Å². The zero-order valence-corrected chi connectivity index (χ0v) is 8.44. The first-order valence-corrected chi connectivity index (χ1v) is 3.99. The van der Waals surface area contributed by atoms with Crippen LogP contribution in [-0.4, -0.2) is 25.7 Å². The fourth-order valence-corrected chi connectivity index (χ4v) is 0.621. The highest BCUT2D eigenvalue weighted by molar-refractivity contribution is 5.91. The number of esters is 1. The molecule has 0 aromatic heterocycles. The van der Waals surface area contributed by atoms with Crippen LogP contribution in [0.15, 0.2) is 12.2 Å². The maximum atomic E-state index is 11.0. The van der Waals surface area contributed by atoms with Gasteiger partial charge in [-0.05, 0) is 13.8 Å². The molecule has 14 heavy (non-hydrogen) atoms. The van der Waals surface area contributed by atoms with Crippen molar-refractivity contribution in [2.75, 3.05) is 7.11 Å². The molecule has 0 aromatic carbocycles. The average molecular weight is 199 g/mol. The number of carbonyl (C=O) groups excluding carboxylic acids is 1. The van der Waals surface area contributed by atoms with Gasteiger partial charge in [-0.1, -0.05) is 6.58 Å². The quantitative estimate of drug-likeness (QED) is 0.285. The first kappa shape index (κ1) is 12.6. The number of hydrogen-bond acceptors (Lipinski definition) is 5. The molecule has 5 nitrogen and oxygen atoms in total. The Morgan fingerprint density at radius 3 is 2.43 bits per heavy atom. The Bertz CT molecular complexity index is 256. The molecule has 5 heteroatoms. The van der Waals surface area contributed by atoms with Gasteiger partial charge in [-0.2, -0.15) is 5.26 Å². The molecule has 0 rings (SSSR count). The van der Waals surface area contributed by atoms with Crippen molar-refractivity contribution in [1.82, 2.24) is 0 Å². The van der Waals surface area contributed by atoms with Crippen LogP contribution in [0.4, 0.5) is 0 Å². The molecule has 0 aliphatic rings. The third-order valence-electron chi connectivity index (χ3n) is 1.37. The summed E-state index contributed by atoms with van der Waals surface area (Å²) in [5.74, 6) is -0.789. The fourth-order valence-electron chi connectivity index (χ4n) is 0.621. The van der Waals surface area contributed by atoms with Gasteiger partial charge in [0.05, 0.1) is 0 Å². The number of hydrogen-bond donors (Lipinski definition) is 0. The summed E-state index contributed by atoms with van der Waals surface area (Å²) in [6.45, 7) is 6.39. The Kier molecular flexibility index (Phi) is 5.53. The van der Waals surface area contributed by atoms with Gasteiger partial charge in [-0.15, -0.1) is 0 Å². The van der Waals surface area contributed by atoms with Crippen LogP contribution < -0.4 is 0 Å². The van der Waals surface area contributed by atoms with Gasteiger partial charge in [-0.3, -0.25) is 0 Å². The van der Waals surface area contributed by atoms with E-state index in [4.69, 9.17) is 19.5 Å². The molecule has 2 atom stereocenters. The van der Waals surface area contributed by atoms with Crippen LogP contribution in [0.3, 0.4) is 0 Å². The van der Waals surface area contributed by atoms with Crippen molar-refractivity contribution in [3.05, 3.63) is 12.2 Å². The summed E-state index contributed by atoms with van der Waals surface area (Å²) in [5, 5.41) is 8.33. The molecule has 2 unspecified atom stereocenters. The third-order valence-corrected chi connectivity index (χ3v) is 1.37. The Hall–Kier alpha value is -1.38. The highest BCUT2D eigenvalue weighted by Crippen LogP contribution is 2.03. The number of rotatable bonds is 5. The van der Waals surface area contributed by atoms with Crippen LogP contribution in [0.1, 0.15) is 13.8 Å². The lowest BCUT2D eigenvalue weighted by Crippen LogP contribution is -2.24. The number of nitrogens with zero attached hydrogens (tertiary/aromatic N) is 1. The minimum atomic E-state index is -0.789. The summed E-state index contributed by atoms with van der Waals surface area (Å²) in [5.41, 5.74) is -0.259. The fraction of sp³-hybridized carbons (Fsp3) is 0.556. The van der Waals surface area contributed by atoms with Crippen molar-refractivity contribution in [3.8, 4) is 6.07 Å². The van der Waals surface area contributed by atoms with Crippen molar-refractivity contribution < 1.29 is 19.0 Å². The van der Waals surface area contributed by atoms with Crippen molar-refractivity contribution in [1.29, 1.82) is 5.26 Å². The van der Waals surface area contributed by atoms with Gasteiger partial charge >= 0.3 is 5.97 Å². The molecule has 0 amide bonds.